The summed E-state index contributed by atoms with van der Waals surface area (Å²) in [6, 6.07) is 12.2. The molecule has 0 aliphatic carbocycles. The van der Waals surface area contributed by atoms with Crippen molar-refractivity contribution < 1.29 is 4.39 Å². The SMILES string of the molecule is O=c1[nH]c2ccccc2c(=O)n1N=Cc1ccc(F)cc1. The van der Waals surface area contributed by atoms with E-state index in [1.807, 2.05) is 0 Å². The molecule has 0 amide bonds. The number of rotatable bonds is 2. The molecular formula is C15H10FN3O2. The highest BCUT2D eigenvalue weighted by atomic mass is 19.1. The molecule has 5 nitrogen and oxygen atoms in total. The first-order valence-electron chi connectivity index (χ1n) is 6.19. The molecule has 0 saturated heterocycles. The van der Waals surface area contributed by atoms with E-state index in [1.165, 1.54) is 30.5 Å². The fourth-order valence-corrected chi connectivity index (χ4v) is 1.93. The predicted octanol–water partition coefficient (Wildman–Crippen LogP) is 1.71. The Hall–Kier alpha value is -3.02. The zero-order valence-corrected chi connectivity index (χ0v) is 10.8. The van der Waals surface area contributed by atoms with E-state index < -0.39 is 11.2 Å². The smallest absolute Gasteiger partial charge is 0.305 e. The van der Waals surface area contributed by atoms with E-state index in [1.54, 1.807) is 24.3 Å². The van der Waals surface area contributed by atoms with Crippen LogP contribution in [0.1, 0.15) is 5.56 Å². The number of hydrogen-bond acceptors (Lipinski definition) is 3. The first kappa shape index (κ1) is 13.0. The molecule has 0 spiro atoms. The quantitative estimate of drug-likeness (QED) is 0.727. The Kier molecular flexibility index (Phi) is 3.19. The Morgan fingerprint density at radius 2 is 1.76 bits per heavy atom. The number of nitrogens with zero attached hydrogens (tertiary/aromatic N) is 2. The van der Waals surface area contributed by atoms with Crippen molar-refractivity contribution in [1.82, 2.24) is 9.66 Å². The maximum absolute atomic E-state index is 12.8. The van der Waals surface area contributed by atoms with Gasteiger partial charge in [0.2, 0.25) is 0 Å². The van der Waals surface area contributed by atoms with Gasteiger partial charge in [0.05, 0.1) is 17.1 Å². The van der Waals surface area contributed by atoms with Crippen LogP contribution in [0.4, 0.5) is 4.39 Å². The number of halogens is 1. The Morgan fingerprint density at radius 3 is 2.52 bits per heavy atom. The lowest BCUT2D eigenvalue weighted by Crippen LogP contribution is -2.32. The van der Waals surface area contributed by atoms with Crippen molar-refractivity contribution in [1.29, 1.82) is 0 Å². The second-order valence-corrected chi connectivity index (χ2v) is 4.39. The summed E-state index contributed by atoms with van der Waals surface area (Å²) in [4.78, 5) is 26.6. The minimum absolute atomic E-state index is 0.368. The fourth-order valence-electron chi connectivity index (χ4n) is 1.93. The first-order valence-corrected chi connectivity index (χ1v) is 6.19. The summed E-state index contributed by atoms with van der Waals surface area (Å²) in [5.41, 5.74) is -0.0960. The van der Waals surface area contributed by atoms with E-state index in [2.05, 4.69) is 10.1 Å². The minimum Gasteiger partial charge on any atom is -0.305 e. The standard InChI is InChI=1S/C15H10FN3O2/c16-11-7-5-10(6-8-11)9-17-19-14(20)12-3-1-2-4-13(12)18-15(19)21/h1-9H,(H,18,21). The molecule has 1 heterocycles. The van der Waals surface area contributed by atoms with Gasteiger partial charge in [0.25, 0.3) is 5.56 Å². The average Bonchev–Trinajstić information content (AvgIpc) is 2.49. The normalized spacial score (nSPS) is 11.3. The molecule has 0 saturated carbocycles. The number of benzene rings is 2. The van der Waals surface area contributed by atoms with Crippen LogP contribution >= 0.6 is 0 Å². The van der Waals surface area contributed by atoms with Crippen LogP contribution in [-0.4, -0.2) is 15.9 Å². The summed E-state index contributed by atoms with van der Waals surface area (Å²) < 4.78 is 13.5. The van der Waals surface area contributed by atoms with E-state index in [4.69, 9.17) is 0 Å². The molecule has 104 valence electrons. The Bertz CT molecular complexity index is 940. The van der Waals surface area contributed by atoms with Crippen molar-refractivity contribution >= 4 is 17.1 Å². The number of aromatic nitrogens is 2. The third kappa shape index (κ3) is 2.51. The molecule has 0 aliphatic rings. The van der Waals surface area contributed by atoms with Gasteiger partial charge >= 0.3 is 5.69 Å². The summed E-state index contributed by atoms with van der Waals surface area (Å²) in [6.45, 7) is 0. The summed E-state index contributed by atoms with van der Waals surface area (Å²) in [5.74, 6) is -0.368. The second kappa shape index (κ2) is 5.16. The van der Waals surface area contributed by atoms with E-state index in [0.717, 1.165) is 4.68 Å². The molecule has 0 atom stereocenters. The van der Waals surface area contributed by atoms with Crippen LogP contribution in [0.2, 0.25) is 0 Å². The lowest BCUT2D eigenvalue weighted by atomic mass is 10.2. The number of H-pyrrole nitrogens is 1. The molecule has 3 rings (SSSR count). The fraction of sp³-hybridized carbons (Fsp3) is 0. The van der Waals surface area contributed by atoms with Crippen LogP contribution in [0.15, 0.2) is 63.2 Å². The predicted molar refractivity (Wildman–Crippen MR) is 78.2 cm³/mol. The van der Waals surface area contributed by atoms with Crippen molar-refractivity contribution in [2.45, 2.75) is 0 Å². The van der Waals surface area contributed by atoms with Crippen LogP contribution in [0.3, 0.4) is 0 Å². The van der Waals surface area contributed by atoms with Crippen LogP contribution < -0.4 is 11.2 Å². The van der Waals surface area contributed by atoms with E-state index in [0.29, 0.717) is 16.5 Å². The van der Waals surface area contributed by atoms with Gasteiger partial charge < -0.3 is 4.98 Å². The van der Waals surface area contributed by atoms with E-state index >= 15 is 0 Å². The van der Waals surface area contributed by atoms with Gasteiger partial charge in [-0.1, -0.05) is 24.3 Å². The molecule has 1 aromatic heterocycles. The van der Waals surface area contributed by atoms with Crippen LogP contribution in [-0.2, 0) is 0 Å². The number of fused-ring (bicyclic) bond motifs is 1. The lowest BCUT2D eigenvalue weighted by Gasteiger charge is -2.00. The van der Waals surface area contributed by atoms with Crippen LogP contribution in [0.5, 0.6) is 0 Å². The third-order valence-corrected chi connectivity index (χ3v) is 2.98. The summed E-state index contributed by atoms with van der Waals surface area (Å²) >= 11 is 0. The minimum atomic E-state index is -0.628. The molecular weight excluding hydrogens is 273 g/mol. The second-order valence-electron chi connectivity index (χ2n) is 4.39. The van der Waals surface area contributed by atoms with Crippen molar-refractivity contribution in [2.24, 2.45) is 5.10 Å². The zero-order valence-electron chi connectivity index (χ0n) is 10.8. The van der Waals surface area contributed by atoms with E-state index in [-0.39, 0.29) is 5.82 Å². The van der Waals surface area contributed by atoms with Gasteiger partial charge in [-0.05, 0) is 29.8 Å². The highest BCUT2D eigenvalue weighted by molar-refractivity contribution is 5.80. The molecule has 1 N–H and O–H groups in total. The van der Waals surface area contributed by atoms with Crippen molar-refractivity contribution in [3.63, 3.8) is 0 Å². The van der Waals surface area contributed by atoms with E-state index in [9.17, 15) is 14.0 Å². The van der Waals surface area contributed by atoms with Crippen molar-refractivity contribution in [3.05, 3.63) is 80.7 Å². The molecule has 0 bridgehead atoms. The molecule has 3 aromatic rings. The highest BCUT2D eigenvalue weighted by Crippen LogP contribution is 2.03. The summed E-state index contributed by atoms with van der Waals surface area (Å²) in [5, 5.41) is 4.24. The van der Waals surface area contributed by atoms with Crippen LogP contribution in [0, 0.1) is 5.82 Å². The molecule has 0 aliphatic heterocycles. The topological polar surface area (TPSA) is 67.2 Å². The molecule has 2 aromatic carbocycles. The van der Waals surface area contributed by atoms with Gasteiger partial charge in [-0.3, -0.25) is 4.79 Å². The average molecular weight is 283 g/mol. The molecule has 6 heteroatoms. The van der Waals surface area contributed by atoms with Gasteiger partial charge in [-0.2, -0.15) is 5.10 Å². The van der Waals surface area contributed by atoms with Gasteiger partial charge in [0.1, 0.15) is 5.82 Å². The molecule has 0 radical (unpaired) electrons. The molecule has 21 heavy (non-hydrogen) atoms. The van der Waals surface area contributed by atoms with Crippen molar-refractivity contribution in [2.75, 3.05) is 0 Å². The van der Waals surface area contributed by atoms with Crippen molar-refractivity contribution in [3.8, 4) is 0 Å². The zero-order chi connectivity index (χ0) is 14.8. The Morgan fingerprint density at radius 1 is 1.05 bits per heavy atom. The van der Waals surface area contributed by atoms with Crippen LogP contribution in [0.25, 0.3) is 10.9 Å². The van der Waals surface area contributed by atoms with Gasteiger partial charge in [0, 0.05) is 0 Å². The third-order valence-electron chi connectivity index (χ3n) is 2.98. The number of hydrogen-bond donors (Lipinski definition) is 1. The number of aromatic amines is 1. The lowest BCUT2D eigenvalue weighted by molar-refractivity contribution is 0.628. The largest absolute Gasteiger partial charge is 0.349 e. The first-order chi connectivity index (χ1) is 10.1. The maximum Gasteiger partial charge on any atom is 0.349 e. The summed E-state index contributed by atoms with van der Waals surface area (Å²) in [7, 11) is 0. The highest BCUT2D eigenvalue weighted by Gasteiger charge is 2.05. The van der Waals surface area contributed by atoms with Gasteiger partial charge in [0.15, 0.2) is 0 Å². The molecule has 0 unspecified atom stereocenters. The Labute approximate surface area is 118 Å². The number of para-hydroxylation sites is 1. The monoisotopic (exact) mass is 283 g/mol. The summed E-state index contributed by atoms with van der Waals surface area (Å²) in [6.07, 6.45) is 1.32. The number of nitrogens with one attached hydrogen (secondary N) is 1. The molecule has 0 fully saturated rings. The van der Waals surface area contributed by atoms with Gasteiger partial charge in [-0.25, -0.2) is 9.18 Å². The van der Waals surface area contributed by atoms with Gasteiger partial charge in [-0.15, -0.1) is 4.68 Å². The Balaban J connectivity index is 2.10. The maximum atomic E-state index is 12.8.